The highest BCUT2D eigenvalue weighted by atomic mass is 35.5. The Balaban J connectivity index is 1.99. The maximum Gasteiger partial charge on any atom is 0.243 e. The molecule has 0 aliphatic carbocycles. The van der Waals surface area contributed by atoms with Crippen molar-refractivity contribution >= 4 is 23.4 Å². The van der Waals surface area contributed by atoms with Crippen molar-refractivity contribution in [3.8, 4) is 0 Å². The molecular weight excluding hydrogens is 432 g/mol. The SMILES string of the molecule is Cc1ccccc1CC(=O)N(Cc1ccccc1Cl)[C@H](Cc1ccccc1)C(=O)NC(C)C. The Kier molecular flexibility index (Phi) is 8.67. The number of rotatable bonds is 9. The molecule has 0 unspecified atom stereocenters. The van der Waals surface area contributed by atoms with Crippen LogP contribution in [0, 0.1) is 6.92 Å². The Hall–Kier alpha value is -3.11. The van der Waals surface area contributed by atoms with Gasteiger partial charge in [-0.15, -0.1) is 0 Å². The minimum absolute atomic E-state index is 0.0376. The monoisotopic (exact) mass is 462 g/mol. The number of hydrogen-bond donors (Lipinski definition) is 1. The van der Waals surface area contributed by atoms with Crippen molar-refractivity contribution in [2.45, 2.75) is 52.2 Å². The Morgan fingerprint density at radius 3 is 2.12 bits per heavy atom. The third-order valence-electron chi connectivity index (χ3n) is 5.60. The van der Waals surface area contributed by atoms with Crippen LogP contribution in [0.1, 0.15) is 36.1 Å². The van der Waals surface area contributed by atoms with Gasteiger partial charge in [-0.05, 0) is 49.1 Å². The fourth-order valence-corrected chi connectivity index (χ4v) is 4.01. The number of carbonyl (C=O) groups excluding carboxylic acids is 2. The van der Waals surface area contributed by atoms with Crippen LogP contribution in [-0.2, 0) is 29.0 Å². The van der Waals surface area contributed by atoms with Crippen molar-refractivity contribution in [2.24, 2.45) is 0 Å². The predicted octanol–water partition coefficient (Wildman–Crippen LogP) is 5.36. The van der Waals surface area contributed by atoms with E-state index in [1.807, 2.05) is 93.6 Å². The van der Waals surface area contributed by atoms with Crippen LogP contribution in [0.15, 0.2) is 78.9 Å². The number of nitrogens with zero attached hydrogens (tertiary/aromatic N) is 1. The van der Waals surface area contributed by atoms with E-state index in [0.717, 1.165) is 22.3 Å². The molecule has 3 rings (SSSR count). The molecule has 0 heterocycles. The van der Waals surface area contributed by atoms with Crippen molar-refractivity contribution in [1.82, 2.24) is 10.2 Å². The molecule has 1 atom stereocenters. The van der Waals surface area contributed by atoms with Gasteiger partial charge in [-0.3, -0.25) is 9.59 Å². The molecule has 33 heavy (non-hydrogen) atoms. The highest BCUT2D eigenvalue weighted by Gasteiger charge is 2.31. The second-order valence-electron chi connectivity index (χ2n) is 8.59. The van der Waals surface area contributed by atoms with Crippen molar-refractivity contribution in [2.75, 3.05) is 0 Å². The van der Waals surface area contributed by atoms with E-state index in [1.54, 1.807) is 11.0 Å². The fourth-order valence-electron chi connectivity index (χ4n) is 3.82. The molecule has 172 valence electrons. The third-order valence-corrected chi connectivity index (χ3v) is 5.97. The van der Waals surface area contributed by atoms with Gasteiger partial charge in [0.25, 0.3) is 0 Å². The predicted molar refractivity (Wildman–Crippen MR) is 134 cm³/mol. The molecule has 0 fully saturated rings. The molecule has 5 heteroatoms. The van der Waals surface area contributed by atoms with Crippen LogP contribution >= 0.6 is 11.6 Å². The van der Waals surface area contributed by atoms with E-state index in [1.165, 1.54) is 0 Å². The first-order valence-electron chi connectivity index (χ1n) is 11.3. The average molecular weight is 463 g/mol. The van der Waals surface area contributed by atoms with E-state index in [0.29, 0.717) is 11.4 Å². The van der Waals surface area contributed by atoms with Crippen molar-refractivity contribution in [3.63, 3.8) is 0 Å². The quantitative estimate of drug-likeness (QED) is 0.465. The molecule has 0 aromatic heterocycles. The highest BCUT2D eigenvalue weighted by Crippen LogP contribution is 2.22. The van der Waals surface area contributed by atoms with Crippen molar-refractivity contribution < 1.29 is 9.59 Å². The summed E-state index contributed by atoms with van der Waals surface area (Å²) in [5.41, 5.74) is 3.81. The largest absolute Gasteiger partial charge is 0.352 e. The summed E-state index contributed by atoms with van der Waals surface area (Å²) in [5.74, 6) is -0.275. The molecular formula is C28H31ClN2O2. The number of amides is 2. The van der Waals surface area contributed by atoms with E-state index >= 15 is 0 Å². The lowest BCUT2D eigenvalue weighted by Gasteiger charge is -2.32. The van der Waals surface area contributed by atoms with Gasteiger partial charge in [-0.25, -0.2) is 0 Å². The summed E-state index contributed by atoms with van der Waals surface area (Å²) in [6.45, 7) is 6.09. The molecule has 0 saturated heterocycles. The summed E-state index contributed by atoms with van der Waals surface area (Å²) in [6, 6.07) is 24.4. The summed E-state index contributed by atoms with van der Waals surface area (Å²) in [6.07, 6.45) is 0.640. The summed E-state index contributed by atoms with van der Waals surface area (Å²) in [7, 11) is 0. The van der Waals surface area contributed by atoms with Gasteiger partial charge in [-0.1, -0.05) is 84.4 Å². The summed E-state index contributed by atoms with van der Waals surface area (Å²) in [4.78, 5) is 28.7. The third kappa shape index (κ3) is 6.93. The molecule has 0 aliphatic rings. The minimum Gasteiger partial charge on any atom is -0.352 e. The van der Waals surface area contributed by atoms with Crippen LogP contribution in [-0.4, -0.2) is 28.8 Å². The molecule has 0 radical (unpaired) electrons. The number of benzene rings is 3. The Bertz CT molecular complexity index is 1080. The molecule has 0 aliphatic heterocycles. The standard InChI is InChI=1S/C28H31ClN2O2/c1-20(2)30-28(33)26(17-22-12-5-4-6-13-22)31(19-24-15-9-10-16-25(24)29)27(32)18-23-14-8-7-11-21(23)3/h4-16,20,26H,17-19H2,1-3H3,(H,30,33)/t26-/m1/s1. The van der Waals surface area contributed by atoms with E-state index < -0.39 is 6.04 Å². The number of carbonyl (C=O) groups is 2. The first-order valence-corrected chi connectivity index (χ1v) is 11.6. The number of nitrogens with one attached hydrogen (secondary N) is 1. The van der Waals surface area contributed by atoms with Gasteiger partial charge in [0.1, 0.15) is 6.04 Å². The lowest BCUT2D eigenvalue weighted by atomic mass is 10.00. The lowest BCUT2D eigenvalue weighted by Crippen LogP contribution is -2.52. The number of aryl methyl sites for hydroxylation is 1. The van der Waals surface area contributed by atoms with E-state index in [9.17, 15) is 9.59 Å². The van der Waals surface area contributed by atoms with Gasteiger partial charge in [-0.2, -0.15) is 0 Å². The molecule has 1 N–H and O–H groups in total. The zero-order valence-electron chi connectivity index (χ0n) is 19.4. The molecule has 4 nitrogen and oxygen atoms in total. The van der Waals surface area contributed by atoms with Gasteiger partial charge in [0, 0.05) is 24.0 Å². The Morgan fingerprint density at radius 2 is 1.48 bits per heavy atom. The van der Waals surface area contributed by atoms with Gasteiger partial charge >= 0.3 is 0 Å². The summed E-state index contributed by atoms with van der Waals surface area (Å²) in [5, 5.41) is 3.59. The van der Waals surface area contributed by atoms with Gasteiger partial charge in [0.05, 0.1) is 6.42 Å². The fraction of sp³-hybridized carbons (Fsp3) is 0.286. The van der Waals surface area contributed by atoms with Crippen molar-refractivity contribution in [3.05, 3.63) is 106 Å². The van der Waals surface area contributed by atoms with Crippen LogP contribution in [0.3, 0.4) is 0 Å². The second kappa shape index (κ2) is 11.7. The molecule has 2 amide bonds. The first kappa shape index (κ1) is 24.5. The topological polar surface area (TPSA) is 49.4 Å². The van der Waals surface area contributed by atoms with E-state index in [2.05, 4.69) is 5.32 Å². The maximum atomic E-state index is 13.7. The van der Waals surface area contributed by atoms with Crippen LogP contribution in [0.2, 0.25) is 5.02 Å². The Morgan fingerprint density at radius 1 is 0.879 bits per heavy atom. The number of halogens is 1. The van der Waals surface area contributed by atoms with Crippen LogP contribution in [0.25, 0.3) is 0 Å². The highest BCUT2D eigenvalue weighted by molar-refractivity contribution is 6.31. The van der Waals surface area contributed by atoms with Crippen molar-refractivity contribution in [1.29, 1.82) is 0 Å². The zero-order valence-corrected chi connectivity index (χ0v) is 20.2. The van der Waals surface area contributed by atoms with Crippen LogP contribution < -0.4 is 5.32 Å². The van der Waals surface area contributed by atoms with Gasteiger partial charge < -0.3 is 10.2 Å². The summed E-state index contributed by atoms with van der Waals surface area (Å²) < 4.78 is 0. The lowest BCUT2D eigenvalue weighted by molar-refractivity contribution is -0.141. The molecule has 3 aromatic carbocycles. The normalized spacial score (nSPS) is 11.8. The van der Waals surface area contributed by atoms with Crippen LogP contribution in [0.5, 0.6) is 0 Å². The average Bonchev–Trinajstić information content (AvgIpc) is 2.79. The van der Waals surface area contributed by atoms with E-state index in [4.69, 9.17) is 11.6 Å². The molecule has 0 bridgehead atoms. The minimum atomic E-state index is -0.664. The number of hydrogen-bond acceptors (Lipinski definition) is 2. The maximum absolute atomic E-state index is 13.7. The Labute approximate surface area is 201 Å². The van der Waals surface area contributed by atoms with Gasteiger partial charge in [0.2, 0.25) is 11.8 Å². The molecule has 0 saturated carbocycles. The van der Waals surface area contributed by atoms with Gasteiger partial charge in [0.15, 0.2) is 0 Å². The van der Waals surface area contributed by atoms with E-state index in [-0.39, 0.29) is 30.8 Å². The summed E-state index contributed by atoms with van der Waals surface area (Å²) >= 11 is 6.45. The first-order chi connectivity index (χ1) is 15.8. The van der Waals surface area contributed by atoms with Crippen LogP contribution in [0.4, 0.5) is 0 Å². The second-order valence-corrected chi connectivity index (χ2v) is 8.99. The molecule has 3 aromatic rings. The molecule has 0 spiro atoms. The zero-order chi connectivity index (χ0) is 23.8. The smallest absolute Gasteiger partial charge is 0.243 e.